The summed E-state index contributed by atoms with van der Waals surface area (Å²) in [5.41, 5.74) is 7.81. The Labute approximate surface area is 126 Å². The lowest BCUT2D eigenvalue weighted by molar-refractivity contribution is -0.141. The summed E-state index contributed by atoms with van der Waals surface area (Å²) in [7, 11) is 1.35. The van der Waals surface area contributed by atoms with Gasteiger partial charge in [-0.1, -0.05) is 30.3 Å². The second-order valence-electron chi connectivity index (χ2n) is 4.15. The van der Waals surface area contributed by atoms with Crippen LogP contribution in [0.1, 0.15) is 5.69 Å². The lowest BCUT2D eigenvalue weighted by Crippen LogP contribution is -2.33. The van der Waals surface area contributed by atoms with Crippen molar-refractivity contribution in [1.29, 1.82) is 0 Å². The summed E-state index contributed by atoms with van der Waals surface area (Å²) in [5.74, 6) is 0.902. The highest BCUT2D eigenvalue weighted by Crippen LogP contribution is 2.25. The van der Waals surface area contributed by atoms with E-state index < -0.39 is 6.04 Å². The van der Waals surface area contributed by atoms with E-state index in [0.29, 0.717) is 5.75 Å². The third-order valence-corrected chi connectivity index (χ3v) is 4.66. The van der Waals surface area contributed by atoms with Gasteiger partial charge >= 0.3 is 5.97 Å². The van der Waals surface area contributed by atoms with E-state index in [9.17, 15) is 4.79 Å². The Hall–Kier alpha value is -1.37. The Balaban J connectivity index is 1.86. The maximum atomic E-state index is 11.2. The van der Waals surface area contributed by atoms with Crippen molar-refractivity contribution in [1.82, 2.24) is 4.98 Å². The Morgan fingerprint density at radius 2 is 2.20 bits per heavy atom. The summed E-state index contributed by atoms with van der Waals surface area (Å²) in [6, 6.07) is 9.51. The molecule has 0 radical (unpaired) electrons. The Bertz CT molecular complexity index is 557. The summed E-state index contributed by atoms with van der Waals surface area (Å²) >= 11 is 3.21. The first-order valence-corrected chi connectivity index (χ1v) is 8.15. The molecule has 0 spiro atoms. The number of thiazole rings is 1. The first-order valence-electron chi connectivity index (χ1n) is 6.11. The van der Waals surface area contributed by atoms with E-state index in [2.05, 4.69) is 9.72 Å². The molecule has 4 nitrogen and oxygen atoms in total. The number of nitrogens with zero attached hydrogens (tertiary/aromatic N) is 1. The lowest BCUT2D eigenvalue weighted by atomic mass is 10.2. The minimum atomic E-state index is -0.572. The van der Waals surface area contributed by atoms with Crippen molar-refractivity contribution >= 4 is 29.1 Å². The van der Waals surface area contributed by atoms with Crippen molar-refractivity contribution in [3.8, 4) is 10.6 Å². The van der Waals surface area contributed by atoms with Crippen LogP contribution in [0.5, 0.6) is 0 Å². The van der Waals surface area contributed by atoms with E-state index in [0.717, 1.165) is 22.0 Å². The number of aromatic nitrogens is 1. The second-order valence-corrected chi connectivity index (χ2v) is 6.04. The van der Waals surface area contributed by atoms with E-state index in [1.807, 2.05) is 35.7 Å². The number of esters is 1. The normalized spacial score (nSPS) is 12.1. The second kappa shape index (κ2) is 7.42. The number of rotatable bonds is 6. The number of carbonyl (C=O) groups is 1. The predicted octanol–water partition coefficient (Wildman–Crippen LogP) is 2.54. The standard InChI is InChI=1S/C14H16N2O2S2/c1-18-14(17)12(15)9-19-7-11-8-20-13(16-11)10-5-3-2-4-6-10/h2-6,8,12H,7,9,15H2,1H3. The van der Waals surface area contributed by atoms with Crippen LogP contribution in [0, 0.1) is 0 Å². The zero-order valence-electron chi connectivity index (χ0n) is 11.1. The molecule has 106 valence electrons. The first kappa shape index (κ1) is 15.0. The van der Waals surface area contributed by atoms with Crippen LogP contribution in [0.25, 0.3) is 10.6 Å². The summed E-state index contributed by atoms with van der Waals surface area (Å²) in [5, 5.41) is 3.05. The molecule has 0 bridgehead atoms. The van der Waals surface area contributed by atoms with Crippen LogP contribution in [0.3, 0.4) is 0 Å². The molecule has 6 heteroatoms. The SMILES string of the molecule is COC(=O)C(N)CSCc1csc(-c2ccccc2)n1. The van der Waals surface area contributed by atoms with Gasteiger partial charge in [-0.2, -0.15) is 11.8 Å². The molecule has 1 aromatic heterocycles. The van der Waals surface area contributed by atoms with Gasteiger partial charge in [0, 0.05) is 22.4 Å². The summed E-state index contributed by atoms with van der Waals surface area (Å²) in [6.45, 7) is 0. The molecule has 0 aliphatic rings. The third kappa shape index (κ3) is 4.06. The van der Waals surface area contributed by atoms with Crippen LogP contribution in [-0.2, 0) is 15.3 Å². The molecule has 20 heavy (non-hydrogen) atoms. The number of ether oxygens (including phenoxy) is 1. The number of nitrogens with two attached hydrogens (primary N) is 1. The van der Waals surface area contributed by atoms with E-state index in [-0.39, 0.29) is 5.97 Å². The lowest BCUT2D eigenvalue weighted by Gasteiger charge is -2.07. The summed E-state index contributed by atoms with van der Waals surface area (Å²) in [6.07, 6.45) is 0. The maximum Gasteiger partial charge on any atom is 0.323 e. The number of hydrogen-bond acceptors (Lipinski definition) is 6. The first-order chi connectivity index (χ1) is 9.70. The van der Waals surface area contributed by atoms with Crippen LogP contribution in [0.2, 0.25) is 0 Å². The molecule has 0 amide bonds. The zero-order chi connectivity index (χ0) is 14.4. The van der Waals surface area contributed by atoms with Crippen LogP contribution < -0.4 is 5.73 Å². The number of carbonyl (C=O) groups excluding carboxylic acids is 1. The van der Waals surface area contributed by atoms with Gasteiger partial charge in [0.15, 0.2) is 0 Å². The van der Waals surface area contributed by atoms with Crippen LogP contribution in [0.15, 0.2) is 35.7 Å². The molecule has 0 saturated heterocycles. The monoisotopic (exact) mass is 308 g/mol. The summed E-state index contributed by atoms with van der Waals surface area (Å²) < 4.78 is 4.59. The molecule has 1 aromatic carbocycles. The van der Waals surface area contributed by atoms with Crippen LogP contribution in [0.4, 0.5) is 0 Å². The molecule has 0 saturated carbocycles. The van der Waals surface area contributed by atoms with Crippen molar-refractivity contribution in [2.45, 2.75) is 11.8 Å². The molecule has 0 fully saturated rings. The molecular weight excluding hydrogens is 292 g/mol. The molecule has 1 unspecified atom stereocenters. The predicted molar refractivity (Wildman–Crippen MR) is 83.7 cm³/mol. The Morgan fingerprint density at radius 3 is 2.90 bits per heavy atom. The van der Waals surface area contributed by atoms with E-state index >= 15 is 0 Å². The van der Waals surface area contributed by atoms with Gasteiger partial charge in [0.2, 0.25) is 0 Å². The van der Waals surface area contributed by atoms with Gasteiger partial charge in [-0.25, -0.2) is 4.98 Å². The fourth-order valence-corrected chi connectivity index (χ4v) is 3.39. The van der Waals surface area contributed by atoms with Gasteiger partial charge in [0.05, 0.1) is 12.8 Å². The van der Waals surface area contributed by atoms with Crippen LogP contribution >= 0.6 is 23.1 Å². The number of thioether (sulfide) groups is 1. The van der Waals surface area contributed by atoms with Crippen molar-refractivity contribution in [2.24, 2.45) is 5.73 Å². The van der Waals surface area contributed by atoms with E-state index in [1.165, 1.54) is 7.11 Å². The summed E-state index contributed by atoms with van der Waals surface area (Å²) in [4.78, 5) is 15.8. The van der Waals surface area contributed by atoms with Gasteiger partial charge in [0.1, 0.15) is 11.0 Å². The molecule has 2 aromatic rings. The average Bonchev–Trinajstić information content (AvgIpc) is 2.96. The van der Waals surface area contributed by atoms with E-state index in [4.69, 9.17) is 5.73 Å². The molecule has 0 aliphatic carbocycles. The van der Waals surface area contributed by atoms with Gasteiger partial charge in [-0.05, 0) is 0 Å². The van der Waals surface area contributed by atoms with Gasteiger partial charge in [-0.15, -0.1) is 11.3 Å². The molecule has 2 rings (SSSR count). The molecule has 2 N–H and O–H groups in total. The fourth-order valence-electron chi connectivity index (χ4n) is 1.60. The average molecular weight is 308 g/mol. The van der Waals surface area contributed by atoms with Crippen LogP contribution in [-0.4, -0.2) is 29.9 Å². The maximum absolute atomic E-state index is 11.2. The quantitative estimate of drug-likeness (QED) is 0.831. The van der Waals surface area contributed by atoms with Crippen molar-refractivity contribution in [3.05, 3.63) is 41.4 Å². The minimum Gasteiger partial charge on any atom is -0.468 e. The van der Waals surface area contributed by atoms with Crippen molar-refractivity contribution < 1.29 is 9.53 Å². The largest absolute Gasteiger partial charge is 0.468 e. The molecule has 1 atom stereocenters. The topological polar surface area (TPSA) is 65.2 Å². The molecule has 0 aliphatic heterocycles. The van der Waals surface area contributed by atoms with Gasteiger partial charge in [-0.3, -0.25) is 4.79 Å². The van der Waals surface area contributed by atoms with Crippen molar-refractivity contribution in [2.75, 3.05) is 12.9 Å². The highest BCUT2D eigenvalue weighted by atomic mass is 32.2. The smallest absolute Gasteiger partial charge is 0.323 e. The fraction of sp³-hybridized carbons (Fsp3) is 0.286. The van der Waals surface area contributed by atoms with Gasteiger partial charge < -0.3 is 10.5 Å². The highest BCUT2D eigenvalue weighted by molar-refractivity contribution is 7.98. The highest BCUT2D eigenvalue weighted by Gasteiger charge is 2.13. The number of benzene rings is 1. The zero-order valence-corrected chi connectivity index (χ0v) is 12.7. The molecule has 1 heterocycles. The van der Waals surface area contributed by atoms with E-state index in [1.54, 1.807) is 23.1 Å². The molecular formula is C14H16N2O2S2. The Morgan fingerprint density at radius 1 is 1.45 bits per heavy atom. The third-order valence-electron chi connectivity index (χ3n) is 2.62. The Kier molecular flexibility index (Phi) is 5.58. The minimum absolute atomic E-state index is 0.374. The van der Waals surface area contributed by atoms with Gasteiger partial charge in [0.25, 0.3) is 0 Å². The number of hydrogen-bond donors (Lipinski definition) is 1. The van der Waals surface area contributed by atoms with Crippen molar-refractivity contribution in [3.63, 3.8) is 0 Å². The number of methoxy groups -OCH3 is 1.